The zero-order valence-electron chi connectivity index (χ0n) is 11.0. The van der Waals surface area contributed by atoms with E-state index in [2.05, 4.69) is 10.5 Å². The Hall–Kier alpha value is -2.08. The number of hydrogen-bond acceptors (Lipinski definition) is 5. The molecule has 0 bridgehead atoms. The van der Waals surface area contributed by atoms with Gasteiger partial charge in [-0.2, -0.15) is 5.10 Å². The van der Waals surface area contributed by atoms with Gasteiger partial charge in [0.2, 0.25) is 5.91 Å². The summed E-state index contributed by atoms with van der Waals surface area (Å²) in [7, 11) is 1.46. The zero-order valence-corrected chi connectivity index (χ0v) is 11.0. The number of benzene rings is 1. The summed E-state index contributed by atoms with van der Waals surface area (Å²) in [5.74, 6) is 0.0935. The molecule has 0 aliphatic carbocycles. The second-order valence-electron chi connectivity index (χ2n) is 3.64. The minimum absolute atomic E-state index is 0.0164. The summed E-state index contributed by atoms with van der Waals surface area (Å²) in [5.41, 5.74) is 2.82. The molecule has 1 amide bonds. The van der Waals surface area contributed by atoms with Crippen LogP contribution in [0.3, 0.4) is 0 Å². The number of phenols is 1. The van der Waals surface area contributed by atoms with E-state index in [-0.39, 0.29) is 18.1 Å². The highest BCUT2D eigenvalue weighted by atomic mass is 16.5. The van der Waals surface area contributed by atoms with Crippen LogP contribution in [0.25, 0.3) is 0 Å². The highest BCUT2D eigenvalue weighted by Crippen LogP contribution is 2.27. The van der Waals surface area contributed by atoms with Crippen molar-refractivity contribution in [3.63, 3.8) is 0 Å². The molecule has 0 heterocycles. The van der Waals surface area contributed by atoms with E-state index in [9.17, 15) is 9.90 Å². The second-order valence-corrected chi connectivity index (χ2v) is 3.64. The van der Waals surface area contributed by atoms with Gasteiger partial charge in [-0.3, -0.25) is 4.79 Å². The number of rotatable bonds is 7. The van der Waals surface area contributed by atoms with Gasteiger partial charge in [0.25, 0.3) is 0 Å². The molecule has 6 nitrogen and oxygen atoms in total. The molecule has 104 valence electrons. The van der Waals surface area contributed by atoms with Crippen LogP contribution >= 0.6 is 0 Å². The van der Waals surface area contributed by atoms with Gasteiger partial charge in [0.1, 0.15) is 0 Å². The highest BCUT2D eigenvalue weighted by molar-refractivity contribution is 5.86. The number of ether oxygens (including phenoxy) is 2. The molecule has 0 aliphatic rings. The summed E-state index contributed by atoms with van der Waals surface area (Å²) in [6.45, 7) is 2.80. The number of amides is 1. The Bertz CT molecular complexity index is 446. The summed E-state index contributed by atoms with van der Waals surface area (Å²) < 4.78 is 10.0. The average molecular weight is 266 g/mol. The summed E-state index contributed by atoms with van der Waals surface area (Å²) in [6.07, 6.45) is 1.60. The third kappa shape index (κ3) is 4.97. The number of hydrogen-bond donors (Lipinski definition) is 2. The first-order chi connectivity index (χ1) is 9.19. The number of hydrazone groups is 1. The predicted molar refractivity (Wildman–Crippen MR) is 71.5 cm³/mol. The molecule has 0 spiro atoms. The molecule has 0 saturated carbocycles. The number of carbonyl (C=O) groups excluding carboxylic acids is 1. The van der Waals surface area contributed by atoms with Crippen LogP contribution in [0.5, 0.6) is 11.5 Å². The first-order valence-corrected chi connectivity index (χ1v) is 5.94. The molecule has 1 aromatic rings. The fourth-order valence-electron chi connectivity index (χ4n) is 1.35. The van der Waals surface area contributed by atoms with Gasteiger partial charge in [0.05, 0.1) is 26.4 Å². The lowest BCUT2D eigenvalue weighted by atomic mass is 10.2. The number of carbonyl (C=O) groups is 1. The normalized spacial score (nSPS) is 10.6. The summed E-state index contributed by atoms with van der Waals surface area (Å²) in [6, 6.07) is 5.01. The van der Waals surface area contributed by atoms with Gasteiger partial charge < -0.3 is 14.6 Å². The monoisotopic (exact) mass is 266 g/mol. The largest absolute Gasteiger partial charge is 0.504 e. The third-order valence-corrected chi connectivity index (χ3v) is 2.32. The molecule has 1 aromatic carbocycles. The maximum absolute atomic E-state index is 11.3. The van der Waals surface area contributed by atoms with Crippen LogP contribution in [0.1, 0.15) is 18.9 Å². The first-order valence-electron chi connectivity index (χ1n) is 5.94. The van der Waals surface area contributed by atoms with Gasteiger partial charge in [0, 0.05) is 12.2 Å². The van der Waals surface area contributed by atoms with E-state index in [0.717, 1.165) is 0 Å². The van der Waals surface area contributed by atoms with Gasteiger partial charge >= 0.3 is 0 Å². The van der Waals surface area contributed by atoms with E-state index in [1.807, 2.05) is 6.92 Å². The van der Waals surface area contributed by atoms with Crippen LogP contribution in [0, 0.1) is 0 Å². The van der Waals surface area contributed by atoms with Crippen molar-refractivity contribution in [3.8, 4) is 11.5 Å². The van der Waals surface area contributed by atoms with Crippen molar-refractivity contribution in [2.75, 3.05) is 20.3 Å². The van der Waals surface area contributed by atoms with Crippen molar-refractivity contribution in [3.05, 3.63) is 23.8 Å². The van der Waals surface area contributed by atoms with Gasteiger partial charge in [-0.1, -0.05) is 6.07 Å². The molecule has 0 radical (unpaired) electrons. The Balaban J connectivity index is 2.51. The van der Waals surface area contributed by atoms with Crippen molar-refractivity contribution in [1.29, 1.82) is 0 Å². The average Bonchev–Trinajstić information content (AvgIpc) is 2.41. The van der Waals surface area contributed by atoms with Gasteiger partial charge in [0.15, 0.2) is 11.5 Å². The van der Waals surface area contributed by atoms with Crippen LogP contribution in [-0.2, 0) is 9.53 Å². The number of phenolic OH excluding ortho intramolecular Hbond substituents is 1. The molecule has 1 rings (SSSR count). The van der Waals surface area contributed by atoms with E-state index in [4.69, 9.17) is 9.47 Å². The lowest BCUT2D eigenvalue weighted by molar-refractivity contribution is -0.122. The molecule has 0 fully saturated rings. The minimum atomic E-state index is -0.243. The molecular formula is C13H18N2O4. The van der Waals surface area contributed by atoms with Crippen LogP contribution in [0.2, 0.25) is 0 Å². The second kappa shape index (κ2) is 8.10. The SMILES string of the molecule is CCOCCC(=O)N/N=C/c1cccc(OC)c1O. The Labute approximate surface area is 112 Å². The maximum atomic E-state index is 11.3. The molecular weight excluding hydrogens is 248 g/mol. The molecule has 6 heteroatoms. The number of nitrogens with one attached hydrogen (secondary N) is 1. The lowest BCUT2D eigenvalue weighted by Crippen LogP contribution is -2.19. The Morgan fingerprint density at radius 3 is 3.00 bits per heavy atom. The van der Waals surface area contributed by atoms with E-state index in [0.29, 0.717) is 24.5 Å². The van der Waals surface area contributed by atoms with Gasteiger partial charge in [-0.15, -0.1) is 0 Å². The molecule has 2 N–H and O–H groups in total. The van der Waals surface area contributed by atoms with Gasteiger partial charge in [-0.25, -0.2) is 5.43 Å². The summed E-state index contributed by atoms with van der Waals surface area (Å²) in [5, 5.41) is 13.5. The standard InChI is InChI=1S/C13H18N2O4/c1-3-19-8-7-12(16)15-14-9-10-5-4-6-11(18-2)13(10)17/h4-6,9,17H,3,7-8H2,1-2H3,(H,15,16)/b14-9+. The zero-order chi connectivity index (χ0) is 14.1. The van der Waals surface area contributed by atoms with Gasteiger partial charge in [-0.05, 0) is 19.1 Å². The van der Waals surface area contributed by atoms with Crippen molar-refractivity contribution in [1.82, 2.24) is 5.43 Å². The van der Waals surface area contributed by atoms with Crippen molar-refractivity contribution < 1.29 is 19.4 Å². The number of methoxy groups -OCH3 is 1. The van der Waals surface area contributed by atoms with Crippen LogP contribution in [-0.4, -0.2) is 37.6 Å². The quantitative estimate of drug-likeness (QED) is 0.442. The fraction of sp³-hybridized carbons (Fsp3) is 0.385. The first kappa shape index (κ1) is 15.0. The van der Waals surface area contributed by atoms with E-state index < -0.39 is 0 Å². The number of nitrogens with zero attached hydrogens (tertiary/aromatic N) is 1. The van der Waals surface area contributed by atoms with Crippen molar-refractivity contribution in [2.45, 2.75) is 13.3 Å². The minimum Gasteiger partial charge on any atom is -0.504 e. The molecule has 19 heavy (non-hydrogen) atoms. The highest BCUT2D eigenvalue weighted by Gasteiger charge is 2.05. The van der Waals surface area contributed by atoms with E-state index in [1.54, 1.807) is 18.2 Å². The van der Waals surface area contributed by atoms with Crippen LogP contribution in [0.15, 0.2) is 23.3 Å². The van der Waals surface area contributed by atoms with E-state index >= 15 is 0 Å². The Morgan fingerprint density at radius 1 is 1.53 bits per heavy atom. The maximum Gasteiger partial charge on any atom is 0.242 e. The number of para-hydroxylation sites is 1. The molecule has 0 aliphatic heterocycles. The molecule has 0 saturated heterocycles. The van der Waals surface area contributed by atoms with Crippen LogP contribution in [0.4, 0.5) is 0 Å². The Morgan fingerprint density at radius 2 is 2.32 bits per heavy atom. The molecule has 0 unspecified atom stereocenters. The van der Waals surface area contributed by atoms with E-state index in [1.165, 1.54) is 13.3 Å². The third-order valence-electron chi connectivity index (χ3n) is 2.32. The molecule has 0 aromatic heterocycles. The predicted octanol–water partition coefficient (Wildman–Crippen LogP) is 1.28. The smallest absolute Gasteiger partial charge is 0.242 e. The van der Waals surface area contributed by atoms with Crippen molar-refractivity contribution >= 4 is 12.1 Å². The summed E-state index contributed by atoms with van der Waals surface area (Å²) in [4.78, 5) is 11.3. The Kier molecular flexibility index (Phi) is 6.38. The van der Waals surface area contributed by atoms with Crippen molar-refractivity contribution in [2.24, 2.45) is 5.10 Å². The van der Waals surface area contributed by atoms with Crippen LogP contribution < -0.4 is 10.2 Å². The fourth-order valence-corrected chi connectivity index (χ4v) is 1.35. The molecule has 0 atom stereocenters. The number of aromatic hydroxyl groups is 1. The lowest BCUT2D eigenvalue weighted by Gasteiger charge is -2.05. The topological polar surface area (TPSA) is 80.2 Å². The summed E-state index contributed by atoms with van der Waals surface area (Å²) >= 11 is 0.